The Morgan fingerprint density at radius 1 is 1.47 bits per heavy atom. The topological polar surface area (TPSA) is 64.4 Å². The van der Waals surface area contributed by atoms with Gasteiger partial charge in [0.25, 0.3) is 5.69 Å². The maximum atomic E-state index is 10.9. The van der Waals surface area contributed by atoms with Gasteiger partial charge in [0, 0.05) is 36.3 Å². The van der Waals surface area contributed by atoms with Crippen LogP contribution in [0.5, 0.6) is 0 Å². The van der Waals surface area contributed by atoms with Gasteiger partial charge in [-0.15, -0.1) is 0 Å². The molecular formula is C13H19ClN2O3. The first-order chi connectivity index (χ1) is 9.00. The number of nitrogens with zero attached hydrogens (tertiary/aromatic N) is 1. The summed E-state index contributed by atoms with van der Waals surface area (Å²) in [6.07, 6.45) is 0. The van der Waals surface area contributed by atoms with E-state index in [-0.39, 0.29) is 5.69 Å². The Labute approximate surface area is 118 Å². The number of benzene rings is 1. The highest BCUT2D eigenvalue weighted by Crippen LogP contribution is 2.22. The monoisotopic (exact) mass is 286 g/mol. The van der Waals surface area contributed by atoms with Gasteiger partial charge in [-0.3, -0.25) is 10.1 Å². The molecule has 6 heteroatoms. The Morgan fingerprint density at radius 3 is 2.84 bits per heavy atom. The predicted octanol–water partition coefficient (Wildman–Crippen LogP) is 3.01. The number of halogens is 1. The van der Waals surface area contributed by atoms with E-state index in [9.17, 15) is 10.1 Å². The van der Waals surface area contributed by atoms with Gasteiger partial charge in [-0.05, 0) is 18.1 Å². The minimum absolute atomic E-state index is 0.0833. The van der Waals surface area contributed by atoms with Gasteiger partial charge in [-0.25, -0.2) is 0 Å². The minimum Gasteiger partial charge on any atom is -0.380 e. The first-order valence-electron chi connectivity index (χ1n) is 6.22. The average Bonchev–Trinajstić information content (AvgIpc) is 2.33. The molecule has 1 aromatic carbocycles. The maximum absolute atomic E-state index is 10.9. The molecule has 0 aliphatic heterocycles. The molecule has 0 unspecified atom stereocenters. The largest absolute Gasteiger partial charge is 0.380 e. The summed E-state index contributed by atoms with van der Waals surface area (Å²) in [5.41, 5.74) is 0.668. The van der Waals surface area contributed by atoms with Crippen molar-refractivity contribution >= 4 is 17.3 Å². The van der Waals surface area contributed by atoms with Crippen molar-refractivity contribution in [3.8, 4) is 0 Å². The Morgan fingerprint density at radius 2 is 2.21 bits per heavy atom. The van der Waals surface area contributed by atoms with Gasteiger partial charge in [0.15, 0.2) is 0 Å². The van der Waals surface area contributed by atoms with Crippen molar-refractivity contribution in [1.82, 2.24) is 5.32 Å². The Bertz CT molecular complexity index is 424. The molecule has 0 spiro atoms. The molecule has 5 nitrogen and oxygen atoms in total. The lowest BCUT2D eigenvalue weighted by atomic mass is 10.2. The molecule has 1 N–H and O–H groups in total. The highest BCUT2D eigenvalue weighted by molar-refractivity contribution is 6.30. The van der Waals surface area contributed by atoms with Gasteiger partial charge in [-0.2, -0.15) is 0 Å². The number of hydrogen-bond donors (Lipinski definition) is 1. The van der Waals surface area contributed by atoms with Crippen LogP contribution in [0.1, 0.15) is 19.4 Å². The zero-order chi connectivity index (χ0) is 14.3. The van der Waals surface area contributed by atoms with E-state index in [1.54, 1.807) is 6.07 Å². The van der Waals surface area contributed by atoms with Crippen LogP contribution in [0.3, 0.4) is 0 Å². The van der Waals surface area contributed by atoms with Crippen LogP contribution < -0.4 is 5.32 Å². The third-order valence-electron chi connectivity index (χ3n) is 2.43. The fourth-order valence-corrected chi connectivity index (χ4v) is 1.75. The molecule has 0 fully saturated rings. The Hall–Kier alpha value is -1.17. The van der Waals surface area contributed by atoms with Crippen molar-refractivity contribution in [3.63, 3.8) is 0 Å². The summed E-state index contributed by atoms with van der Waals surface area (Å²) in [4.78, 5) is 10.5. The third-order valence-corrected chi connectivity index (χ3v) is 2.66. The van der Waals surface area contributed by atoms with Crippen molar-refractivity contribution in [3.05, 3.63) is 38.9 Å². The second-order valence-corrected chi connectivity index (χ2v) is 5.11. The van der Waals surface area contributed by atoms with Crippen LogP contribution in [0, 0.1) is 16.0 Å². The zero-order valence-electron chi connectivity index (χ0n) is 11.2. The van der Waals surface area contributed by atoms with E-state index in [4.69, 9.17) is 16.3 Å². The van der Waals surface area contributed by atoms with E-state index in [1.165, 1.54) is 12.1 Å². The number of nitro benzene ring substituents is 1. The van der Waals surface area contributed by atoms with E-state index in [2.05, 4.69) is 19.2 Å². The van der Waals surface area contributed by atoms with Gasteiger partial charge >= 0.3 is 0 Å². The van der Waals surface area contributed by atoms with Gasteiger partial charge < -0.3 is 10.1 Å². The minimum atomic E-state index is -0.400. The summed E-state index contributed by atoms with van der Waals surface area (Å²) in [5.74, 6) is 0.508. The lowest BCUT2D eigenvalue weighted by Gasteiger charge is -2.08. The standard InChI is InChI=1S/C13H19ClN2O3/c1-10(2)9-19-6-5-15-8-11-7-12(14)3-4-13(11)16(17)18/h3-4,7,10,15H,5-6,8-9H2,1-2H3. The van der Waals surface area contributed by atoms with E-state index in [0.717, 1.165) is 6.61 Å². The fourth-order valence-electron chi connectivity index (χ4n) is 1.56. The second kappa shape index (κ2) is 8.09. The molecule has 0 aliphatic rings. The fraction of sp³-hybridized carbons (Fsp3) is 0.538. The third kappa shape index (κ3) is 6.00. The van der Waals surface area contributed by atoms with Crippen molar-refractivity contribution in [2.45, 2.75) is 20.4 Å². The molecule has 0 heterocycles. The van der Waals surface area contributed by atoms with Crippen LogP contribution in [0.25, 0.3) is 0 Å². The Balaban J connectivity index is 2.40. The number of rotatable bonds is 8. The molecule has 1 aromatic rings. The van der Waals surface area contributed by atoms with Crippen LogP contribution in [0.2, 0.25) is 5.02 Å². The summed E-state index contributed by atoms with van der Waals surface area (Å²) < 4.78 is 5.41. The number of ether oxygens (including phenoxy) is 1. The molecule has 0 bridgehead atoms. The average molecular weight is 287 g/mol. The molecule has 0 aliphatic carbocycles. The highest BCUT2D eigenvalue weighted by atomic mass is 35.5. The molecule has 0 aromatic heterocycles. The molecule has 0 atom stereocenters. The molecule has 1 rings (SSSR count). The normalized spacial score (nSPS) is 10.9. The van der Waals surface area contributed by atoms with Crippen molar-refractivity contribution < 1.29 is 9.66 Å². The molecule has 0 saturated carbocycles. The van der Waals surface area contributed by atoms with E-state index >= 15 is 0 Å². The molecular weight excluding hydrogens is 268 g/mol. The van der Waals surface area contributed by atoms with Crippen LogP contribution >= 0.6 is 11.6 Å². The van der Waals surface area contributed by atoms with Crippen molar-refractivity contribution in [2.75, 3.05) is 19.8 Å². The zero-order valence-corrected chi connectivity index (χ0v) is 11.9. The number of nitrogens with one attached hydrogen (secondary N) is 1. The SMILES string of the molecule is CC(C)COCCNCc1cc(Cl)ccc1[N+](=O)[O-]. The van der Waals surface area contributed by atoms with Crippen LogP contribution in [-0.4, -0.2) is 24.7 Å². The molecule has 19 heavy (non-hydrogen) atoms. The van der Waals surface area contributed by atoms with Gasteiger partial charge in [0.1, 0.15) is 0 Å². The molecule has 106 valence electrons. The predicted molar refractivity (Wildman–Crippen MR) is 75.5 cm³/mol. The summed E-state index contributed by atoms with van der Waals surface area (Å²) in [7, 11) is 0. The smallest absolute Gasteiger partial charge is 0.273 e. The van der Waals surface area contributed by atoms with Crippen molar-refractivity contribution in [2.24, 2.45) is 5.92 Å². The van der Waals surface area contributed by atoms with Crippen LogP contribution in [-0.2, 0) is 11.3 Å². The summed E-state index contributed by atoms with van der Waals surface area (Å²) >= 11 is 5.84. The van der Waals surface area contributed by atoms with E-state index in [0.29, 0.717) is 36.2 Å². The van der Waals surface area contributed by atoms with Gasteiger partial charge in [-0.1, -0.05) is 25.4 Å². The van der Waals surface area contributed by atoms with Gasteiger partial charge in [0.2, 0.25) is 0 Å². The quantitative estimate of drug-likeness (QED) is 0.453. The second-order valence-electron chi connectivity index (χ2n) is 4.68. The first kappa shape index (κ1) is 15.9. The molecule has 0 radical (unpaired) electrons. The molecule has 0 amide bonds. The van der Waals surface area contributed by atoms with Crippen molar-refractivity contribution in [1.29, 1.82) is 0 Å². The van der Waals surface area contributed by atoms with Crippen LogP contribution in [0.4, 0.5) is 5.69 Å². The highest BCUT2D eigenvalue weighted by Gasteiger charge is 2.13. The summed E-state index contributed by atoms with van der Waals surface area (Å²) in [5, 5.41) is 14.5. The Kier molecular flexibility index (Phi) is 6.77. The lowest BCUT2D eigenvalue weighted by molar-refractivity contribution is -0.385. The maximum Gasteiger partial charge on any atom is 0.273 e. The first-order valence-corrected chi connectivity index (χ1v) is 6.59. The lowest BCUT2D eigenvalue weighted by Crippen LogP contribution is -2.20. The summed E-state index contributed by atoms with van der Waals surface area (Å²) in [6, 6.07) is 4.56. The summed E-state index contributed by atoms with van der Waals surface area (Å²) in [6.45, 7) is 6.54. The van der Waals surface area contributed by atoms with Gasteiger partial charge in [0.05, 0.1) is 11.5 Å². The van der Waals surface area contributed by atoms with E-state index in [1.807, 2.05) is 0 Å². The van der Waals surface area contributed by atoms with Crippen LogP contribution in [0.15, 0.2) is 18.2 Å². The number of hydrogen-bond acceptors (Lipinski definition) is 4. The number of nitro groups is 1. The van der Waals surface area contributed by atoms with E-state index < -0.39 is 4.92 Å². The molecule has 0 saturated heterocycles.